The maximum Gasteiger partial charge on any atom is 0.257 e. The highest BCUT2D eigenvalue weighted by Crippen LogP contribution is 2.22. The van der Waals surface area contributed by atoms with Crippen LogP contribution in [0.3, 0.4) is 0 Å². The monoisotopic (exact) mass is 414 g/mol. The van der Waals surface area contributed by atoms with Gasteiger partial charge in [-0.05, 0) is 51.3 Å². The number of amides is 1. The largest absolute Gasteiger partial charge is 0.482 e. The minimum Gasteiger partial charge on any atom is -0.482 e. The molecule has 2 aromatic carbocycles. The molecule has 0 radical (unpaired) electrons. The molecule has 29 heavy (non-hydrogen) atoms. The zero-order chi connectivity index (χ0) is 20.6. The normalized spacial score (nSPS) is 11.2. The third kappa shape index (κ3) is 5.95. The van der Waals surface area contributed by atoms with Crippen molar-refractivity contribution in [1.29, 1.82) is 0 Å². The molecule has 1 aromatic heterocycles. The Hall–Kier alpha value is -2.57. The molecule has 0 bridgehead atoms. The number of fused-ring (bicyclic) bond motifs is 1. The van der Waals surface area contributed by atoms with Crippen LogP contribution in [-0.4, -0.2) is 54.1 Å². The van der Waals surface area contributed by atoms with E-state index >= 15 is 0 Å². The van der Waals surface area contributed by atoms with Crippen LogP contribution < -0.4 is 10.1 Å². The minimum absolute atomic E-state index is 0.0665. The highest BCUT2D eigenvalue weighted by atomic mass is 35.5. The molecule has 0 saturated carbocycles. The molecule has 3 aromatic rings. The number of benzene rings is 2. The number of hydrogen-bond acceptors (Lipinski definition) is 4. The van der Waals surface area contributed by atoms with E-state index in [1.807, 2.05) is 30.3 Å². The Labute approximate surface area is 176 Å². The Balaban J connectivity index is 1.55. The van der Waals surface area contributed by atoms with Crippen LogP contribution in [-0.2, 0) is 17.8 Å². The number of halogens is 1. The van der Waals surface area contributed by atoms with E-state index in [2.05, 4.69) is 34.9 Å². The standard InChI is InChI=1S/C22H27ClN4O2/c1-26(2)14-7-15-27-19-10-5-4-9-18(19)25-21(27)12-13-24-22(28)16-29-20-11-6-3-8-17(20)23/h3-6,8-11H,7,12-16H2,1-2H3,(H,24,28). The summed E-state index contributed by atoms with van der Waals surface area (Å²) >= 11 is 6.04. The predicted octanol–water partition coefficient (Wildman–Crippen LogP) is 3.38. The topological polar surface area (TPSA) is 59.4 Å². The van der Waals surface area contributed by atoms with Gasteiger partial charge in [0.05, 0.1) is 16.1 Å². The van der Waals surface area contributed by atoms with E-state index in [1.54, 1.807) is 12.1 Å². The Kier molecular flexibility index (Phi) is 7.49. The zero-order valence-corrected chi connectivity index (χ0v) is 17.7. The third-order valence-electron chi connectivity index (χ3n) is 4.59. The average Bonchev–Trinajstić information content (AvgIpc) is 3.05. The van der Waals surface area contributed by atoms with Gasteiger partial charge in [0.2, 0.25) is 0 Å². The van der Waals surface area contributed by atoms with Crippen molar-refractivity contribution in [3.8, 4) is 5.75 Å². The molecule has 1 N–H and O–H groups in total. The molecule has 1 heterocycles. The van der Waals surface area contributed by atoms with Gasteiger partial charge >= 0.3 is 0 Å². The van der Waals surface area contributed by atoms with Gasteiger partial charge in [-0.15, -0.1) is 0 Å². The van der Waals surface area contributed by atoms with Crippen LogP contribution in [0.2, 0.25) is 5.02 Å². The lowest BCUT2D eigenvalue weighted by atomic mass is 10.3. The molecule has 154 valence electrons. The second-order valence-electron chi connectivity index (χ2n) is 7.14. The van der Waals surface area contributed by atoms with Gasteiger partial charge in [-0.1, -0.05) is 35.9 Å². The number of hydrogen-bond donors (Lipinski definition) is 1. The molecule has 0 aliphatic carbocycles. The summed E-state index contributed by atoms with van der Waals surface area (Å²) in [7, 11) is 4.15. The number of imidazole rings is 1. The fourth-order valence-corrected chi connectivity index (χ4v) is 3.37. The van der Waals surface area contributed by atoms with Crippen LogP contribution in [0.15, 0.2) is 48.5 Å². The van der Waals surface area contributed by atoms with Gasteiger partial charge in [-0.25, -0.2) is 4.98 Å². The number of carbonyl (C=O) groups is 1. The van der Waals surface area contributed by atoms with Gasteiger partial charge < -0.3 is 19.5 Å². The number of carbonyl (C=O) groups excluding carboxylic acids is 1. The first-order valence-electron chi connectivity index (χ1n) is 9.77. The minimum atomic E-state index is -0.180. The van der Waals surface area contributed by atoms with E-state index < -0.39 is 0 Å². The Bertz CT molecular complexity index is 955. The SMILES string of the molecule is CN(C)CCCn1c(CCNC(=O)COc2ccccc2Cl)nc2ccccc21. The van der Waals surface area contributed by atoms with Crippen molar-refractivity contribution < 1.29 is 9.53 Å². The summed E-state index contributed by atoms with van der Waals surface area (Å²) in [5.41, 5.74) is 2.12. The summed E-state index contributed by atoms with van der Waals surface area (Å²) in [4.78, 5) is 19.1. The first-order valence-corrected chi connectivity index (χ1v) is 10.2. The van der Waals surface area contributed by atoms with Crippen molar-refractivity contribution in [2.75, 3.05) is 33.8 Å². The number of aryl methyl sites for hydroxylation is 1. The number of para-hydroxylation sites is 3. The van der Waals surface area contributed by atoms with Crippen LogP contribution in [0.5, 0.6) is 5.75 Å². The van der Waals surface area contributed by atoms with Crippen LogP contribution >= 0.6 is 11.6 Å². The highest BCUT2D eigenvalue weighted by Gasteiger charge is 2.11. The smallest absolute Gasteiger partial charge is 0.257 e. The van der Waals surface area contributed by atoms with Crippen molar-refractivity contribution >= 4 is 28.5 Å². The van der Waals surface area contributed by atoms with Crippen LogP contribution in [0.1, 0.15) is 12.2 Å². The average molecular weight is 415 g/mol. The van der Waals surface area contributed by atoms with Gasteiger partial charge in [-0.2, -0.15) is 0 Å². The lowest BCUT2D eigenvalue weighted by Crippen LogP contribution is -2.31. The molecule has 1 amide bonds. The number of ether oxygens (including phenoxy) is 1. The molecule has 0 unspecified atom stereocenters. The Morgan fingerprint density at radius 3 is 2.72 bits per heavy atom. The summed E-state index contributed by atoms with van der Waals surface area (Å²) in [5, 5.41) is 3.39. The molecule has 7 heteroatoms. The fourth-order valence-electron chi connectivity index (χ4n) is 3.18. The van der Waals surface area contributed by atoms with E-state index in [1.165, 1.54) is 0 Å². The van der Waals surface area contributed by atoms with E-state index in [9.17, 15) is 4.79 Å². The van der Waals surface area contributed by atoms with E-state index in [0.717, 1.165) is 36.4 Å². The molecule has 0 aliphatic rings. The lowest BCUT2D eigenvalue weighted by molar-refractivity contribution is -0.123. The van der Waals surface area contributed by atoms with Gasteiger partial charge in [0.15, 0.2) is 6.61 Å². The fraction of sp³-hybridized carbons (Fsp3) is 0.364. The second kappa shape index (κ2) is 10.3. The molecule has 0 aliphatic heterocycles. The Morgan fingerprint density at radius 1 is 1.17 bits per heavy atom. The highest BCUT2D eigenvalue weighted by molar-refractivity contribution is 6.32. The molecule has 0 saturated heterocycles. The van der Waals surface area contributed by atoms with Crippen molar-refractivity contribution in [1.82, 2.24) is 19.8 Å². The number of aromatic nitrogens is 2. The second-order valence-corrected chi connectivity index (χ2v) is 7.55. The van der Waals surface area contributed by atoms with E-state index in [0.29, 0.717) is 23.7 Å². The molecule has 0 atom stereocenters. The molecule has 6 nitrogen and oxygen atoms in total. The van der Waals surface area contributed by atoms with Gasteiger partial charge in [0.1, 0.15) is 11.6 Å². The quantitative estimate of drug-likeness (QED) is 0.552. The summed E-state index contributed by atoms with van der Waals surface area (Å²) in [6.45, 7) is 2.35. The van der Waals surface area contributed by atoms with Gasteiger partial charge in [0.25, 0.3) is 5.91 Å². The summed E-state index contributed by atoms with van der Waals surface area (Å²) in [5.74, 6) is 1.31. The maximum absolute atomic E-state index is 12.1. The maximum atomic E-state index is 12.1. The van der Waals surface area contributed by atoms with Crippen LogP contribution in [0, 0.1) is 0 Å². The van der Waals surface area contributed by atoms with Crippen molar-refractivity contribution in [3.05, 3.63) is 59.4 Å². The van der Waals surface area contributed by atoms with Gasteiger partial charge in [-0.3, -0.25) is 4.79 Å². The molecule has 0 fully saturated rings. The zero-order valence-electron chi connectivity index (χ0n) is 16.9. The summed E-state index contributed by atoms with van der Waals surface area (Å²) in [6.07, 6.45) is 1.70. The lowest BCUT2D eigenvalue weighted by Gasteiger charge is -2.13. The van der Waals surface area contributed by atoms with Crippen LogP contribution in [0.25, 0.3) is 11.0 Å². The first kappa shape index (κ1) is 21.1. The number of nitrogens with one attached hydrogen (secondary N) is 1. The van der Waals surface area contributed by atoms with Gasteiger partial charge in [0, 0.05) is 19.5 Å². The van der Waals surface area contributed by atoms with Crippen molar-refractivity contribution in [2.45, 2.75) is 19.4 Å². The molecule has 3 rings (SSSR count). The first-order chi connectivity index (χ1) is 14.0. The predicted molar refractivity (Wildman–Crippen MR) is 117 cm³/mol. The molecule has 0 spiro atoms. The summed E-state index contributed by atoms with van der Waals surface area (Å²) in [6, 6.07) is 15.3. The number of rotatable bonds is 10. The molecular formula is C22H27ClN4O2. The molecular weight excluding hydrogens is 388 g/mol. The Morgan fingerprint density at radius 2 is 1.93 bits per heavy atom. The third-order valence-corrected chi connectivity index (χ3v) is 4.90. The van der Waals surface area contributed by atoms with E-state index in [4.69, 9.17) is 21.3 Å². The summed E-state index contributed by atoms with van der Waals surface area (Å²) < 4.78 is 7.73. The van der Waals surface area contributed by atoms with Crippen molar-refractivity contribution in [3.63, 3.8) is 0 Å². The van der Waals surface area contributed by atoms with Crippen LogP contribution in [0.4, 0.5) is 0 Å². The number of nitrogens with zero attached hydrogens (tertiary/aromatic N) is 3. The van der Waals surface area contributed by atoms with Crippen molar-refractivity contribution in [2.24, 2.45) is 0 Å². The van der Waals surface area contributed by atoms with E-state index in [-0.39, 0.29) is 12.5 Å².